The molecule has 0 bridgehead atoms. The third kappa shape index (κ3) is 2.84. The molecule has 0 fully saturated rings. The molecule has 0 spiro atoms. The molecule has 1 rings (SSSR count). The van der Waals surface area contributed by atoms with Crippen LogP contribution in [0.25, 0.3) is 0 Å². The molecule has 0 aromatic carbocycles. The van der Waals surface area contributed by atoms with Gasteiger partial charge >= 0.3 is 6.18 Å². The molecule has 84 valence electrons. The van der Waals surface area contributed by atoms with E-state index in [1.54, 1.807) is 11.0 Å². The zero-order valence-electron chi connectivity index (χ0n) is 8.67. The van der Waals surface area contributed by atoms with Gasteiger partial charge in [0, 0.05) is 13.1 Å². The van der Waals surface area contributed by atoms with Crippen LogP contribution in [-0.4, -0.2) is 18.1 Å². The fraction of sp³-hybridized carbons (Fsp3) is 0.500. The monoisotopic (exact) mass is 218 g/mol. The maximum absolute atomic E-state index is 12.4. The Kier molecular flexibility index (Phi) is 3.55. The lowest BCUT2D eigenvalue weighted by atomic mass is 10.3. The molecule has 0 aliphatic heterocycles. The topological polar surface area (TPSA) is 16.1 Å². The first-order valence-corrected chi connectivity index (χ1v) is 4.78. The molecular formula is C10H13F3N2. The van der Waals surface area contributed by atoms with Crippen molar-refractivity contribution in [3.05, 3.63) is 23.9 Å². The van der Waals surface area contributed by atoms with Crippen molar-refractivity contribution in [3.63, 3.8) is 0 Å². The zero-order valence-corrected chi connectivity index (χ0v) is 8.67. The predicted molar refractivity (Wildman–Crippen MR) is 52.8 cm³/mol. The fourth-order valence-corrected chi connectivity index (χ4v) is 1.30. The molecule has 2 nitrogen and oxygen atoms in total. The van der Waals surface area contributed by atoms with Gasteiger partial charge in [-0.3, -0.25) is 0 Å². The van der Waals surface area contributed by atoms with Crippen LogP contribution in [0.3, 0.4) is 0 Å². The minimum absolute atomic E-state index is 0.370. The summed E-state index contributed by atoms with van der Waals surface area (Å²) in [6.45, 7) is 5.05. The van der Waals surface area contributed by atoms with E-state index in [2.05, 4.69) is 4.98 Å². The molecular weight excluding hydrogens is 205 g/mol. The van der Waals surface area contributed by atoms with Gasteiger partial charge < -0.3 is 4.90 Å². The maximum atomic E-state index is 12.4. The Morgan fingerprint density at radius 2 is 1.80 bits per heavy atom. The highest BCUT2D eigenvalue weighted by atomic mass is 19.4. The fourth-order valence-electron chi connectivity index (χ4n) is 1.30. The molecule has 0 saturated carbocycles. The Balaban J connectivity index is 3.02. The van der Waals surface area contributed by atoms with Gasteiger partial charge in [-0.2, -0.15) is 13.2 Å². The average molecular weight is 218 g/mol. The van der Waals surface area contributed by atoms with E-state index in [4.69, 9.17) is 0 Å². The highest BCUT2D eigenvalue weighted by molar-refractivity contribution is 5.39. The second-order valence-electron chi connectivity index (χ2n) is 3.05. The van der Waals surface area contributed by atoms with Crippen LogP contribution in [0.4, 0.5) is 19.0 Å². The predicted octanol–water partition coefficient (Wildman–Crippen LogP) is 2.95. The molecule has 5 heteroatoms. The normalized spacial score (nSPS) is 11.5. The third-order valence-electron chi connectivity index (χ3n) is 2.11. The summed E-state index contributed by atoms with van der Waals surface area (Å²) in [4.78, 5) is 5.36. The summed E-state index contributed by atoms with van der Waals surface area (Å²) in [6, 6.07) is 3.94. The summed E-state index contributed by atoms with van der Waals surface area (Å²) < 4.78 is 37.1. The quantitative estimate of drug-likeness (QED) is 0.775. The zero-order chi connectivity index (χ0) is 11.5. The number of anilines is 1. The number of nitrogens with zero attached hydrogens (tertiary/aromatic N) is 2. The van der Waals surface area contributed by atoms with E-state index >= 15 is 0 Å². The highest BCUT2D eigenvalue weighted by Crippen LogP contribution is 2.28. The van der Waals surface area contributed by atoms with Crippen molar-refractivity contribution in [1.29, 1.82) is 0 Å². The SMILES string of the molecule is CCN(CC)c1cccc(C(F)(F)F)n1. The van der Waals surface area contributed by atoms with Gasteiger partial charge in [0.25, 0.3) is 0 Å². The van der Waals surface area contributed by atoms with Crippen molar-refractivity contribution in [1.82, 2.24) is 4.98 Å². The molecule has 0 unspecified atom stereocenters. The molecule has 1 aromatic heterocycles. The summed E-state index contributed by atoms with van der Waals surface area (Å²) in [5.41, 5.74) is -0.841. The van der Waals surface area contributed by atoms with E-state index in [1.165, 1.54) is 6.07 Å². The van der Waals surface area contributed by atoms with Crippen LogP contribution in [0.2, 0.25) is 0 Å². The first kappa shape index (κ1) is 11.8. The lowest BCUT2D eigenvalue weighted by molar-refractivity contribution is -0.141. The number of rotatable bonds is 3. The van der Waals surface area contributed by atoms with Crippen molar-refractivity contribution in [2.45, 2.75) is 20.0 Å². The molecule has 0 amide bonds. The van der Waals surface area contributed by atoms with Gasteiger partial charge in [-0.25, -0.2) is 4.98 Å². The number of pyridine rings is 1. The second-order valence-corrected chi connectivity index (χ2v) is 3.05. The highest BCUT2D eigenvalue weighted by Gasteiger charge is 2.32. The van der Waals surface area contributed by atoms with Crippen LogP contribution in [-0.2, 0) is 6.18 Å². The summed E-state index contributed by atoms with van der Waals surface area (Å²) >= 11 is 0. The van der Waals surface area contributed by atoms with Gasteiger partial charge in [0.05, 0.1) is 0 Å². The van der Waals surface area contributed by atoms with Crippen LogP contribution < -0.4 is 4.90 Å². The molecule has 0 aliphatic rings. The minimum Gasteiger partial charge on any atom is -0.357 e. The molecule has 1 aromatic rings. The Hall–Kier alpha value is -1.26. The van der Waals surface area contributed by atoms with Crippen LogP contribution in [0, 0.1) is 0 Å². The molecule has 1 heterocycles. The van der Waals surface area contributed by atoms with Crippen LogP contribution >= 0.6 is 0 Å². The standard InChI is InChI=1S/C10H13F3N2/c1-3-15(4-2)9-7-5-6-8(14-9)10(11,12)13/h5-7H,3-4H2,1-2H3. The summed E-state index contributed by atoms with van der Waals surface area (Å²) in [5.74, 6) is 0.370. The smallest absolute Gasteiger partial charge is 0.357 e. The Bertz CT molecular complexity index is 319. The summed E-state index contributed by atoms with van der Waals surface area (Å²) in [6.07, 6.45) is -4.37. The average Bonchev–Trinajstić information content (AvgIpc) is 2.19. The van der Waals surface area contributed by atoms with E-state index < -0.39 is 11.9 Å². The van der Waals surface area contributed by atoms with Gasteiger partial charge in [-0.1, -0.05) is 6.07 Å². The Morgan fingerprint density at radius 3 is 2.27 bits per heavy atom. The Labute approximate surface area is 86.7 Å². The van der Waals surface area contributed by atoms with Crippen molar-refractivity contribution in [2.24, 2.45) is 0 Å². The molecule has 0 N–H and O–H groups in total. The maximum Gasteiger partial charge on any atom is 0.433 e. The summed E-state index contributed by atoms with van der Waals surface area (Å²) in [5, 5.41) is 0. The van der Waals surface area contributed by atoms with Gasteiger partial charge in [-0.15, -0.1) is 0 Å². The van der Waals surface area contributed by atoms with Crippen molar-refractivity contribution in [2.75, 3.05) is 18.0 Å². The molecule has 0 saturated heterocycles. The lowest BCUT2D eigenvalue weighted by Crippen LogP contribution is -2.24. The Morgan fingerprint density at radius 1 is 1.20 bits per heavy atom. The minimum atomic E-state index is -4.37. The van der Waals surface area contributed by atoms with Crippen LogP contribution in [0.1, 0.15) is 19.5 Å². The van der Waals surface area contributed by atoms with Crippen LogP contribution in [0.5, 0.6) is 0 Å². The van der Waals surface area contributed by atoms with E-state index in [1.807, 2.05) is 13.8 Å². The van der Waals surface area contributed by atoms with Crippen molar-refractivity contribution >= 4 is 5.82 Å². The molecule has 15 heavy (non-hydrogen) atoms. The van der Waals surface area contributed by atoms with Crippen molar-refractivity contribution in [3.8, 4) is 0 Å². The number of hydrogen-bond donors (Lipinski definition) is 0. The first-order valence-electron chi connectivity index (χ1n) is 4.78. The second kappa shape index (κ2) is 4.51. The van der Waals surface area contributed by atoms with E-state index in [0.717, 1.165) is 6.07 Å². The van der Waals surface area contributed by atoms with Crippen molar-refractivity contribution < 1.29 is 13.2 Å². The number of aromatic nitrogens is 1. The third-order valence-corrected chi connectivity index (χ3v) is 2.11. The number of hydrogen-bond acceptors (Lipinski definition) is 2. The summed E-state index contributed by atoms with van der Waals surface area (Å²) in [7, 11) is 0. The number of alkyl halides is 3. The number of halogens is 3. The van der Waals surface area contributed by atoms with Gasteiger partial charge in [-0.05, 0) is 26.0 Å². The van der Waals surface area contributed by atoms with E-state index in [-0.39, 0.29) is 0 Å². The molecule has 0 aliphatic carbocycles. The van der Waals surface area contributed by atoms with E-state index in [9.17, 15) is 13.2 Å². The van der Waals surface area contributed by atoms with Crippen LogP contribution in [0.15, 0.2) is 18.2 Å². The molecule has 0 radical (unpaired) electrons. The first-order chi connectivity index (χ1) is 6.99. The van der Waals surface area contributed by atoms with E-state index in [0.29, 0.717) is 18.9 Å². The van der Waals surface area contributed by atoms with Gasteiger partial charge in [0.15, 0.2) is 0 Å². The lowest BCUT2D eigenvalue weighted by Gasteiger charge is -2.20. The van der Waals surface area contributed by atoms with Gasteiger partial charge in [0.2, 0.25) is 0 Å². The largest absolute Gasteiger partial charge is 0.433 e. The van der Waals surface area contributed by atoms with Gasteiger partial charge in [0.1, 0.15) is 11.5 Å². The molecule has 0 atom stereocenters.